The molecule has 1 aromatic heterocycles. The summed E-state index contributed by atoms with van der Waals surface area (Å²) < 4.78 is 0. The number of nitrogens with one attached hydrogen (secondary N) is 2. The molecule has 2 N–H and O–H groups in total. The Balaban J connectivity index is 1.60. The lowest BCUT2D eigenvalue weighted by Crippen LogP contribution is -2.05. The van der Waals surface area contributed by atoms with Crippen molar-refractivity contribution in [1.29, 1.82) is 0 Å². The summed E-state index contributed by atoms with van der Waals surface area (Å²) in [5.41, 5.74) is 11.0. The molecule has 0 aliphatic carbocycles. The van der Waals surface area contributed by atoms with Crippen LogP contribution in [-0.2, 0) is 0 Å². The Morgan fingerprint density at radius 1 is 0.710 bits per heavy atom. The predicted molar refractivity (Wildman–Crippen MR) is 128 cm³/mol. The average molecular weight is 416 g/mol. The first-order valence-electron chi connectivity index (χ1n) is 10.4. The maximum absolute atomic E-state index is 4.39. The monoisotopic (exact) mass is 415 g/mol. The van der Waals surface area contributed by atoms with Crippen molar-refractivity contribution in [2.24, 2.45) is 10.2 Å². The number of hydrazone groups is 2. The lowest BCUT2D eigenvalue weighted by molar-refractivity contribution is 0.866. The van der Waals surface area contributed by atoms with E-state index in [1.165, 1.54) is 11.1 Å². The van der Waals surface area contributed by atoms with E-state index in [1.54, 1.807) is 12.4 Å². The second-order valence-corrected chi connectivity index (χ2v) is 7.95. The topological polar surface area (TPSA) is 87.5 Å². The summed E-state index contributed by atoms with van der Waals surface area (Å²) in [6.07, 6.45) is 3.47. The quantitative estimate of drug-likeness (QED) is 0.384. The summed E-state index contributed by atoms with van der Waals surface area (Å²) >= 11 is 0. The van der Waals surface area contributed by atoms with Crippen molar-refractivity contribution in [3.63, 3.8) is 0 Å². The number of hydrogen-bond acceptors (Lipinski definition) is 7. The maximum atomic E-state index is 4.39. The van der Waals surface area contributed by atoms with Crippen LogP contribution in [0.4, 0.5) is 11.8 Å². The van der Waals surface area contributed by atoms with Crippen LogP contribution in [0, 0.1) is 6.92 Å². The molecule has 0 spiro atoms. The van der Waals surface area contributed by atoms with Crippen LogP contribution in [0.5, 0.6) is 0 Å². The fourth-order valence-corrected chi connectivity index (χ4v) is 2.80. The third kappa shape index (κ3) is 6.44. The van der Waals surface area contributed by atoms with Gasteiger partial charge < -0.3 is 0 Å². The molecule has 3 rings (SSSR count). The van der Waals surface area contributed by atoms with Crippen LogP contribution in [0.15, 0.2) is 58.7 Å². The van der Waals surface area contributed by atoms with E-state index in [0.29, 0.717) is 29.3 Å². The molecule has 0 aliphatic heterocycles. The minimum absolute atomic E-state index is 0.291. The summed E-state index contributed by atoms with van der Waals surface area (Å²) in [5, 5.41) is 16.6. The van der Waals surface area contributed by atoms with Crippen LogP contribution in [0.3, 0.4) is 0 Å². The Kier molecular flexibility index (Phi) is 7.43. The lowest BCUT2D eigenvalue weighted by Gasteiger charge is -2.06. The number of anilines is 2. The number of hydrogen-bond donors (Lipinski definition) is 2. The van der Waals surface area contributed by atoms with E-state index in [-0.39, 0.29) is 0 Å². The van der Waals surface area contributed by atoms with Crippen molar-refractivity contribution in [3.05, 3.63) is 76.5 Å². The zero-order valence-corrected chi connectivity index (χ0v) is 18.7. The van der Waals surface area contributed by atoms with E-state index in [9.17, 15) is 0 Å². The molecule has 1 heterocycles. The molecule has 0 aliphatic rings. The fourth-order valence-electron chi connectivity index (χ4n) is 2.80. The molecule has 0 saturated heterocycles. The summed E-state index contributed by atoms with van der Waals surface area (Å²) in [6, 6.07) is 16.6. The smallest absolute Gasteiger partial charge is 0.260 e. The molecule has 0 bridgehead atoms. The van der Waals surface area contributed by atoms with Crippen molar-refractivity contribution < 1.29 is 0 Å². The number of aryl methyl sites for hydroxylation is 1. The van der Waals surface area contributed by atoms with Crippen LogP contribution >= 0.6 is 0 Å². The van der Waals surface area contributed by atoms with Gasteiger partial charge in [0, 0.05) is 0 Å². The molecule has 0 fully saturated rings. The fraction of sp³-hybridized carbons (Fsp3) is 0.292. The second-order valence-electron chi connectivity index (χ2n) is 7.95. The van der Waals surface area contributed by atoms with Crippen molar-refractivity contribution in [1.82, 2.24) is 15.2 Å². The van der Waals surface area contributed by atoms with Crippen LogP contribution < -0.4 is 10.9 Å². The highest BCUT2D eigenvalue weighted by Gasteiger charge is 2.04. The standard InChI is InChI=1S/C24H29N7/c1-16(2)21-10-6-19(7-11-21)14-25-29-23-18(5)28-31-24(27-23)30-26-15-20-8-12-22(13-9-20)17(3)4/h6-17H,1-5H3,(H2,27,29,30,31)/b25-14-,26-15-. The van der Waals surface area contributed by atoms with E-state index in [2.05, 4.69) is 88.2 Å². The first-order valence-corrected chi connectivity index (χ1v) is 10.4. The molecule has 0 radical (unpaired) electrons. The molecule has 7 heteroatoms. The van der Waals surface area contributed by atoms with E-state index >= 15 is 0 Å². The number of nitrogens with zero attached hydrogens (tertiary/aromatic N) is 5. The molecular formula is C24H29N7. The molecule has 0 unspecified atom stereocenters. The van der Waals surface area contributed by atoms with Crippen LogP contribution in [0.1, 0.15) is 67.5 Å². The highest BCUT2D eigenvalue weighted by Crippen LogP contribution is 2.15. The predicted octanol–water partition coefficient (Wildman–Crippen LogP) is 5.32. The summed E-state index contributed by atoms with van der Waals surface area (Å²) in [4.78, 5) is 4.39. The zero-order valence-electron chi connectivity index (χ0n) is 18.7. The highest BCUT2D eigenvalue weighted by atomic mass is 15.4. The summed E-state index contributed by atoms with van der Waals surface area (Å²) in [6.45, 7) is 10.5. The molecular weight excluding hydrogens is 386 g/mol. The van der Waals surface area contributed by atoms with Gasteiger partial charge in [0.15, 0.2) is 5.82 Å². The van der Waals surface area contributed by atoms with Gasteiger partial charge in [-0.25, -0.2) is 5.43 Å². The van der Waals surface area contributed by atoms with Gasteiger partial charge in [0.25, 0.3) is 5.95 Å². The van der Waals surface area contributed by atoms with E-state index < -0.39 is 0 Å². The number of benzene rings is 2. The Morgan fingerprint density at radius 2 is 1.19 bits per heavy atom. The summed E-state index contributed by atoms with van der Waals surface area (Å²) in [7, 11) is 0. The minimum Gasteiger partial charge on any atom is -0.260 e. The molecule has 31 heavy (non-hydrogen) atoms. The van der Waals surface area contributed by atoms with Crippen LogP contribution in [-0.4, -0.2) is 27.6 Å². The van der Waals surface area contributed by atoms with Crippen molar-refractivity contribution >= 4 is 24.2 Å². The number of rotatable bonds is 8. The minimum atomic E-state index is 0.291. The van der Waals surface area contributed by atoms with Gasteiger partial charge in [-0.2, -0.15) is 15.2 Å². The largest absolute Gasteiger partial charge is 0.265 e. The average Bonchev–Trinajstić information content (AvgIpc) is 2.76. The van der Waals surface area contributed by atoms with Gasteiger partial charge in [0.05, 0.1) is 12.4 Å². The van der Waals surface area contributed by atoms with Gasteiger partial charge in [-0.05, 0) is 41.0 Å². The van der Waals surface area contributed by atoms with Gasteiger partial charge >= 0.3 is 0 Å². The third-order valence-corrected chi connectivity index (χ3v) is 4.82. The lowest BCUT2D eigenvalue weighted by atomic mass is 10.0. The SMILES string of the molecule is Cc1nnc(N/N=C\c2ccc(C(C)C)cc2)nc1N/N=C\c1ccc(C(C)C)cc1. The Hall–Kier alpha value is -3.61. The molecule has 0 amide bonds. The van der Waals surface area contributed by atoms with Crippen molar-refractivity contribution in [2.75, 3.05) is 10.9 Å². The maximum Gasteiger partial charge on any atom is 0.265 e. The molecule has 7 nitrogen and oxygen atoms in total. The zero-order chi connectivity index (χ0) is 22.2. The van der Waals surface area contributed by atoms with Gasteiger partial charge in [0.1, 0.15) is 5.69 Å². The van der Waals surface area contributed by atoms with Gasteiger partial charge in [-0.15, -0.1) is 10.2 Å². The van der Waals surface area contributed by atoms with E-state index in [4.69, 9.17) is 0 Å². The van der Waals surface area contributed by atoms with E-state index in [1.807, 2.05) is 31.2 Å². The van der Waals surface area contributed by atoms with Gasteiger partial charge in [-0.1, -0.05) is 76.2 Å². The first-order chi connectivity index (χ1) is 14.9. The van der Waals surface area contributed by atoms with Crippen molar-refractivity contribution in [3.8, 4) is 0 Å². The molecule has 0 atom stereocenters. The first kappa shape index (κ1) is 22.1. The molecule has 2 aromatic carbocycles. The van der Waals surface area contributed by atoms with Gasteiger partial charge in [-0.3, -0.25) is 5.43 Å². The number of aromatic nitrogens is 3. The van der Waals surface area contributed by atoms with Crippen molar-refractivity contribution in [2.45, 2.75) is 46.5 Å². The van der Waals surface area contributed by atoms with Gasteiger partial charge in [0.2, 0.25) is 0 Å². The Bertz CT molecular complexity index is 1040. The molecule has 3 aromatic rings. The second kappa shape index (κ2) is 10.4. The third-order valence-electron chi connectivity index (χ3n) is 4.82. The van der Waals surface area contributed by atoms with Crippen LogP contribution in [0.25, 0.3) is 0 Å². The highest BCUT2D eigenvalue weighted by molar-refractivity contribution is 5.80. The molecule has 0 saturated carbocycles. The van der Waals surface area contributed by atoms with E-state index in [0.717, 1.165) is 11.1 Å². The Morgan fingerprint density at radius 3 is 1.68 bits per heavy atom. The normalized spacial score (nSPS) is 11.7. The Labute approximate surface area is 183 Å². The summed E-state index contributed by atoms with van der Waals surface area (Å²) in [5.74, 6) is 1.82. The van der Waals surface area contributed by atoms with Crippen LogP contribution in [0.2, 0.25) is 0 Å². The molecule has 160 valence electrons.